The molecule has 6 heteroatoms. The van der Waals surface area contributed by atoms with Crippen LogP contribution in [0.1, 0.15) is 34.8 Å². The molecule has 1 atom stereocenters. The lowest BCUT2D eigenvalue weighted by Crippen LogP contribution is -2.42. The maximum absolute atomic E-state index is 13.2. The summed E-state index contributed by atoms with van der Waals surface area (Å²) in [5.74, 6) is -0.273. The second-order valence-corrected chi connectivity index (χ2v) is 6.82. The van der Waals surface area contributed by atoms with Crippen molar-refractivity contribution >= 4 is 11.8 Å². The quantitative estimate of drug-likeness (QED) is 0.744. The van der Waals surface area contributed by atoms with Crippen molar-refractivity contribution in [1.82, 2.24) is 15.4 Å². The highest BCUT2D eigenvalue weighted by Crippen LogP contribution is 2.28. The molecule has 3 aromatic rings. The number of carbonyl (C=O) groups excluding carboxylic acids is 2. The first-order valence-corrected chi connectivity index (χ1v) is 9.30. The molecule has 1 aromatic heterocycles. The zero-order valence-electron chi connectivity index (χ0n) is 15.4. The summed E-state index contributed by atoms with van der Waals surface area (Å²) in [5, 5.41) is 6.97. The number of aryl methyl sites for hydroxylation is 1. The minimum Gasteiger partial charge on any atom is -0.364 e. The third kappa shape index (κ3) is 3.81. The van der Waals surface area contributed by atoms with Crippen molar-refractivity contribution in [3.63, 3.8) is 0 Å². The average Bonchev–Trinajstić information content (AvgIpc) is 3.12. The summed E-state index contributed by atoms with van der Waals surface area (Å²) in [7, 11) is 0. The van der Waals surface area contributed by atoms with Gasteiger partial charge in [0, 0.05) is 24.9 Å². The van der Waals surface area contributed by atoms with Crippen LogP contribution in [-0.2, 0) is 29.1 Å². The van der Waals surface area contributed by atoms with E-state index >= 15 is 0 Å². The van der Waals surface area contributed by atoms with Gasteiger partial charge in [-0.15, -0.1) is 0 Å². The first kappa shape index (κ1) is 18.0. The highest BCUT2D eigenvalue weighted by molar-refractivity contribution is 5.89. The maximum Gasteiger partial charge on any atom is 0.247 e. The fourth-order valence-corrected chi connectivity index (χ4v) is 3.48. The average molecular weight is 375 g/mol. The summed E-state index contributed by atoms with van der Waals surface area (Å²) in [5.41, 5.74) is 3.42. The maximum atomic E-state index is 13.2. The number of aromatic nitrogens is 1. The number of rotatable bonds is 5. The number of hydrogen-bond donors (Lipinski definition) is 1. The molecule has 2 heterocycles. The van der Waals surface area contributed by atoms with Gasteiger partial charge in [0.05, 0.1) is 12.2 Å². The zero-order chi connectivity index (χ0) is 19.3. The van der Waals surface area contributed by atoms with Gasteiger partial charge in [-0.05, 0) is 11.1 Å². The molecule has 0 radical (unpaired) electrons. The Hall–Kier alpha value is -3.41. The van der Waals surface area contributed by atoms with Crippen molar-refractivity contribution in [2.45, 2.75) is 32.0 Å². The monoisotopic (exact) mass is 375 g/mol. The number of amides is 2. The standard InChI is InChI=1S/C22H21N3O3/c26-20-12-11-19-18(15-28-24-19)14-25(20)21(17-9-5-2-6-10-17)22(27)23-13-16-7-3-1-4-8-16/h1-10,15,21H,11-14H2,(H,23,27). The minimum atomic E-state index is -0.710. The molecule has 28 heavy (non-hydrogen) atoms. The minimum absolute atomic E-state index is 0.0679. The number of nitrogens with one attached hydrogen (secondary N) is 1. The van der Waals surface area contributed by atoms with Crippen LogP contribution >= 0.6 is 0 Å². The first-order valence-electron chi connectivity index (χ1n) is 9.30. The molecule has 1 aliphatic rings. The fraction of sp³-hybridized carbons (Fsp3) is 0.227. The highest BCUT2D eigenvalue weighted by atomic mass is 16.5. The van der Waals surface area contributed by atoms with E-state index in [4.69, 9.17) is 4.52 Å². The largest absolute Gasteiger partial charge is 0.364 e. The van der Waals surface area contributed by atoms with E-state index in [9.17, 15) is 9.59 Å². The topological polar surface area (TPSA) is 75.4 Å². The van der Waals surface area contributed by atoms with Gasteiger partial charge in [0.15, 0.2) is 0 Å². The lowest BCUT2D eigenvalue weighted by molar-refractivity contribution is -0.141. The van der Waals surface area contributed by atoms with Gasteiger partial charge >= 0.3 is 0 Å². The Labute approximate surface area is 163 Å². The van der Waals surface area contributed by atoms with Gasteiger partial charge in [-0.2, -0.15) is 0 Å². The highest BCUT2D eigenvalue weighted by Gasteiger charge is 2.34. The Bertz CT molecular complexity index is 953. The molecular weight excluding hydrogens is 354 g/mol. The van der Waals surface area contributed by atoms with Crippen molar-refractivity contribution in [2.24, 2.45) is 0 Å². The molecule has 0 aliphatic carbocycles. The van der Waals surface area contributed by atoms with E-state index < -0.39 is 6.04 Å². The molecule has 2 aromatic carbocycles. The zero-order valence-corrected chi connectivity index (χ0v) is 15.4. The van der Waals surface area contributed by atoms with Crippen LogP contribution < -0.4 is 5.32 Å². The van der Waals surface area contributed by atoms with E-state index in [1.807, 2.05) is 60.7 Å². The van der Waals surface area contributed by atoms with Crippen molar-refractivity contribution in [2.75, 3.05) is 0 Å². The third-order valence-electron chi connectivity index (χ3n) is 4.95. The smallest absolute Gasteiger partial charge is 0.247 e. The van der Waals surface area contributed by atoms with E-state index in [1.54, 1.807) is 11.2 Å². The van der Waals surface area contributed by atoms with E-state index in [1.165, 1.54) is 0 Å². The molecule has 1 aliphatic heterocycles. The van der Waals surface area contributed by atoms with Crippen LogP contribution in [0.5, 0.6) is 0 Å². The summed E-state index contributed by atoms with van der Waals surface area (Å²) in [6.07, 6.45) is 2.38. The molecule has 0 saturated carbocycles. The predicted molar refractivity (Wildman–Crippen MR) is 103 cm³/mol. The molecule has 0 fully saturated rings. The van der Waals surface area contributed by atoms with E-state index in [2.05, 4.69) is 10.5 Å². The lowest BCUT2D eigenvalue weighted by atomic mass is 10.0. The summed E-state index contributed by atoms with van der Waals surface area (Å²) in [6, 6.07) is 18.4. The number of hydrogen-bond acceptors (Lipinski definition) is 4. The molecular formula is C22H21N3O3. The Balaban J connectivity index is 1.62. The van der Waals surface area contributed by atoms with Gasteiger partial charge in [0.1, 0.15) is 12.3 Å². The molecule has 4 rings (SSSR count). The number of benzene rings is 2. The fourth-order valence-electron chi connectivity index (χ4n) is 3.48. The normalized spacial score (nSPS) is 14.9. The van der Waals surface area contributed by atoms with Crippen LogP contribution in [0.2, 0.25) is 0 Å². The Morgan fingerprint density at radius 1 is 1.07 bits per heavy atom. The molecule has 1 N–H and O–H groups in total. The molecule has 142 valence electrons. The van der Waals surface area contributed by atoms with Gasteiger partial charge in [-0.3, -0.25) is 9.59 Å². The van der Waals surface area contributed by atoms with Gasteiger partial charge in [-0.1, -0.05) is 65.8 Å². The number of fused-ring (bicyclic) bond motifs is 1. The van der Waals surface area contributed by atoms with Gasteiger partial charge in [0.25, 0.3) is 0 Å². The van der Waals surface area contributed by atoms with E-state index in [0.29, 0.717) is 25.9 Å². The lowest BCUT2D eigenvalue weighted by Gasteiger charge is -2.30. The molecule has 0 saturated heterocycles. The van der Waals surface area contributed by atoms with Crippen LogP contribution in [0.15, 0.2) is 71.4 Å². The second-order valence-electron chi connectivity index (χ2n) is 6.82. The predicted octanol–water partition coefficient (Wildman–Crippen LogP) is 3.01. The van der Waals surface area contributed by atoms with Gasteiger partial charge in [-0.25, -0.2) is 0 Å². The van der Waals surface area contributed by atoms with E-state index in [0.717, 1.165) is 22.4 Å². The Morgan fingerprint density at radius 2 is 1.79 bits per heavy atom. The van der Waals surface area contributed by atoms with Crippen LogP contribution in [-0.4, -0.2) is 21.9 Å². The first-order chi connectivity index (χ1) is 13.7. The third-order valence-corrected chi connectivity index (χ3v) is 4.95. The molecule has 6 nitrogen and oxygen atoms in total. The summed E-state index contributed by atoms with van der Waals surface area (Å²) in [4.78, 5) is 27.7. The Morgan fingerprint density at radius 3 is 2.54 bits per heavy atom. The van der Waals surface area contributed by atoms with Crippen LogP contribution in [0.25, 0.3) is 0 Å². The number of carbonyl (C=O) groups is 2. The van der Waals surface area contributed by atoms with Crippen molar-refractivity contribution in [3.05, 3.63) is 89.3 Å². The van der Waals surface area contributed by atoms with Crippen LogP contribution in [0.3, 0.4) is 0 Å². The van der Waals surface area contributed by atoms with Crippen molar-refractivity contribution in [3.8, 4) is 0 Å². The summed E-state index contributed by atoms with van der Waals surface area (Å²) >= 11 is 0. The van der Waals surface area contributed by atoms with E-state index in [-0.39, 0.29) is 11.8 Å². The summed E-state index contributed by atoms with van der Waals surface area (Å²) < 4.78 is 5.07. The molecule has 0 spiro atoms. The van der Waals surface area contributed by atoms with Crippen molar-refractivity contribution in [1.29, 1.82) is 0 Å². The summed E-state index contributed by atoms with van der Waals surface area (Å²) in [6.45, 7) is 0.708. The second kappa shape index (κ2) is 8.08. The molecule has 1 unspecified atom stereocenters. The van der Waals surface area contributed by atoms with Crippen molar-refractivity contribution < 1.29 is 14.1 Å². The number of nitrogens with zero attached hydrogens (tertiary/aromatic N) is 2. The van der Waals surface area contributed by atoms with Crippen LogP contribution in [0, 0.1) is 0 Å². The van der Waals surface area contributed by atoms with Gasteiger partial charge < -0.3 is 14.7 Å². The van der Waals surface area contributed by atoms with Gasteiger partial charge in [0.2, 0.25) is 11.8 Å². The molecule has 2 amide bonds. The Kier molecular flexibility index (Phi) is 5.19. The SMILES string of the molecule is O=C(NCc1ccccc1)C(c1ccccc1)N1Cc2conc2CCC1=O. The molecule has 0 bridgehead atoms. The van der Waals surface area contributed by atoms with Crippen LogP contribution in [0.4, 0.5) is 0 Å².